The molecule has 0 spiro atoms. The number of benzene rings is 1. The smallest absolute Gasteiger partial charge is 0.310 e. The van der Waals surface area contributed by atoms with Crippen molar-refractivity contribution in [3.63, 3.8) is 0 Å². The number of esters is 1. The normalized spacial score (nSPS) is 24.4. The van der Waals surface area contributed by atoms with E-state index in [1.54, 1.807) is 0 Å². The van der Waals surface area contributed by atoms with Gasteiger partial charge < -0.3 is 10.1 Å². The van der Waals surface area contributed by atoms with E-state index in [2.05, 4.69) is 11.9 Å². The molecule has 2 atom stereocenters. The van der Waals surface area contributed by atoms with E-state index in [0.29, 0.717) is 6.42 Å². The third kappa shape index (κ3) is 2.56. The van der Waals surface area contributed by atoms with Crippen molar-refractivity contribution < 1.29 is 9.53 Å². The van der Waals surface area contributed by atoms with Crippen molar-refractivity contribution in [2.75, 3.05) is 13.7 Å². The Morgan fingerprint density at radius 2 is 2.12 bits per heavy atom. The fourth-order valence-corrected chi connectivity index (χ4v) is 2.28. The van der Waals surface area contributed by atoms with Crippen molar-refractivity contribution >= 4 is 5.97 Å². The van der Waals surface area contributed by atoms with Crippen LogP contribution in [0.1, 0.15) is 18.0 Å². The second-order valence-electron chi connectivity index (χ2n) is 4.35. The lowest BCUT2D eigenvalue weighted by Gasteiger charge is -2.32. The molecule has 0 saturated carbocycles. The molecule has 1 aromatic rings. The van der Waals surface area contributed by atoms with E-state index in [9.17, 15) is 4.79 Å². The summed E-state index contributed by atoms with van der Waals surface area (Å²) in [7, 11) is 1.43. The molecule has 2 rings (SSSR count). The van der Waals surface area contributed by atoms with Crippen LogP contribution in [0, 0.1) is 5.92 Å². The summed E-state index contributed by atoms with van der Waals surface area (Å²) >= 11 is 0. The van der Waals surface area contributed by atoms with Crippen LogP contribution >= 0.6 is 0 Å². The first-order chi connectivity index (χ1) is 8.22. The number of rotatable bonds is 2. The fraction of sp³-hybridized carbons (Fsp3) is 0.357. The number of carbonyl (C=O) groups excluding carboxylic acids is 1. The monoisotopic (exact) mass is 231 g/mol. The van der Waals surface area contributed by atoms with Crippen molar-refractivity contribution in [2.45, 2.75) is 12.5 Å². The van der Waals surface area contributed by atoms with E-state index in [-0.39, 0.29) is 17.9 Å². The largest absolute Gasteiger partial charge is 0.469 e. The van der Waals surface area contributed by atoms with Gasteiger partial charge in [-0.3, -0.25) is 4.79 Å². The van der Waals surface area contributed by atoms with E-state index in [1.807, 2.05) is 30.3 Å². The zero-order valence-electron chi connectivity index (χ0n) is 9.98. The van der Waals surface area contributed by atoms with Crippen molar-refractivity contribution in [1.82, 2.24) is 5.32 Å². The highest BCUT2D eigenvalue weighted by atomic mass is 16.5. The highest BCUT2D eigenvalue weighted by Crippen LogP contribution is 2.31. The second kappa shape index (κ2) is 5.15. The first-order valence-electron chi connectivity index (χ1n) is 5.75. The summed E-state index contributed by atoms with van der Waals surface area (Å²) in [6.45, 7) is 4.70. The minimum absolute atomic E-state index is 0.0224. The lowest BCUT2D eigenvalue weighted by atomic mass is 9.84. The number of carbonyl (C=O) groups is 1. The van der Waals surface area contributed by atoms with Crippen LogP contribution in [0.2, 0.25) is 0 Å². The summed E-state index contributed by atoms with van der Waals surface area (Å²) in [5.41, 5.74) is 2.17. The fourth-order valence-electron chi connectivity index (χ4n) is 2.28. The molecular weight excluding hydrogens is 214 g/mol. The SMILES string of the molecule is C=C1CN[C@@H](c2ccccc2)[C@@H](C(=O)OC)C1. The minimum Gasteiger partial charge on any atom is -0.469 e. The molecule has 1 N–H and O–H groups in total. The van der Waals surface area contributed by atoms with Gasteiger partial charge in [0, 0.05) is 12.6 Å². The molecule has 3 heteroatoms. The van der Waals surface area contributed by atoms with Gasteiger partial charge in [-0.25, -0.2) is 0 Å². The summed E-state index contributed by atoms with van der Waals surface area (Å²) in [6, 6.07) is 10.0. The first-order valence-corrected chi connectivity index (χ1v) is 5.75. The second-order valence-corrected chi connectivity index (χ2v) is 4.35. The first kappa shape index (κ1) is 11.9. The van der Waals surface area contributed by atoms with Gasteiger partial charge in [-0.1, -0.05) is 42.5 Å². The predicted octanol–water partition coefficient (Wildman–Crippen LogP) is 2.07. The van der Waals surface area contributed by atoms with Gasteiger partial charge in [0.05, 0.1) is 13.0 Å². The maximum absolute atomic E-state index is 11.8. The Morgan fingerprint density at radius 1 is 1.41 bits per heavy atom. The number of methoxy groups -OCH3 is 1. The Labute approximate surface area is 101 Å². The molecule has 1 fully saturated rings. The van der Waals surface area contributed by atoms with Gasteiger partial charge in [0.2, 0.25) is 0 Å². The summed E-state index contributed by atoms with van der Waals surface area (Å²) in [6.07, 6.45) is 0.694. The number of piperidine rings is 1. The van der Waals surface area contributed by atoms with Gasteiger partial charge >= 0.3 is 5.97 Å². The molecule has 90 valence electrons. The minimum atomic E-state index is -0.177. The molecule has 0 unspecified atom stereocenters. The molecule has 0 radical (unpaired) electrons. The van der Waals surface area contributed by atoms with Crippen LogP contribution in [0.25, 0.3) is 0 Å². The number of ether oxygens (including phenoxy) is 1. The summed E-state index contributed by atoms with van der Waals surface area (Å²) in [5, 5.41) is 3.35. The van der Waals surface area contributed by atoms with Crippen LogP contribution in [0.5, 0.6) is 0 Å². The molecule has 17 heavy (non-hydrogen) atoms. The molecule has 3 nitrogen and oxygen atoms in total. The Bertz CT molecular complexity index is 413. The Morgan fingerprint density at radius 3 is 2.76 bits per heavy atom. The van der Waals surface area contributed by atoms with E-state index >= 15 is 0 Å². The summed E-state index contributed by atoms with van der Waals surface area (Å²) in [5.74, 6) is -0.351. The molecule has 0 aliphatic carbocycles. The van der Waals surface area contributed by atoms with Crippen molar-refractivity contribution in [3.8, 4) is 0 Å². The van der Waals surface area contributed by atoms with Crippen LogP contribution in [-0.4, -0.2) is 19.6 Å². The maximum atomic E-state index is 11.8. The van der Waals surface area contributed by atoms with Crippen LogP contribution in [-0.2, 0) is 9.53 Å². The molecule has 0 bridgehead atoms. The molecule has 1 aromatic carbocycles. The van der Waals surface area contributed by atoms with Gasteiger partial charge in [-0.2, -0.15) is 0 Å². The van der Waals surface area contributed by atoms with Gasteiger partial charge in [-0.15, -0.1) is 0 Å². The quantitative estimate of drug-likeness (QED) is 0.625. The Hall–Kier alpha value is -1.61. The highest BCUT2D eigenvalue weighted by Gasteiger charge is 2.33. The maximum Gasteiger partial charge on any atom is 0.310 e. The molecule has 1 aliphatic rings. The lowest BCUT2D eigenvalue weighted by molar-refractivity contribution is -0.147. The number of nitrogens with one attached hydrogen (secondary N) is 1. The summed E-state index contributed by atoms with van der Waals surface area (Å²) < 4.78 is 4.87. The third-order valence-corrected chi connectivity index (χ3v) is 3.15. The number of hydrogen-bond donors (Lipinski definition) is 1. The molecule has 1 aliphatic heterocycles. The van der Waals surface area contributed by atoms with E-state index in [0.717, 1.165) is 17.7 Å². The molecule has 0 aromatic heterocycles. The predicted molar refractivity (Wildman–Crippen MR) is 66.4 cm³/mol. The average molecular weight is 231 g/mol. The lowest BCUT2D eigenvalue weighted by Crippen LogP contribution is -2.39. The van der Waals surface area contributed by atoms with Crippen LogP contribution in [0.3, 0.4) is 0 Å². The van der Waals surface area contributed by atoms with Crippen LogP contribution in [0.15, 0.2) is 42.5 Å². The van der Waals surface area contributed by atoms with Crippen molar-refractivity contribution in [2.24, 2.45) is 5.92 Å². The van der Waals surface area contributed by atoms with E-state index < -0.39 is 0 Å². The van der Waals surface area contributed by atoms with Crippen LogP contribution in [0.4, 0.5) is 0 Å². The molecule has 0 amide bonds. The van der Waals surface area contributed by atoms with Gasteiger partial charge in [0.25, 0.3) is 0 Å². The Balaban J connectivity index is 2.24. The van der Waals surface area contributed by atoms with E-state index in [1.165, 1.54) is 7.11 Å². The van der Waals surface area contributed by atoms with Gasteiger partial charge in [0.15, 0.2) is 0 Å². The van der Waals surface area contributed by atoms with Crippen molar-refractivity contribution in [3.05, 3.63) is 48.0 Å². The van der Waals surface area contributed by atoms with Gasteiger partial charge in [-0.05, 0) is 12.0 Å². The van der Waals surface area contributed by atoms with Gasteiger partial charge in [0.1, 0.15) is 0 Å². The summed E-state index contributed by atoms with van der Waals surface area (Å²) in [4.78, 5) is 11.8. The molecule has 1 heterocycles. The zero-order chi connectivity index (χ0) is 12.3. The Kier molecular flexibility index (Phi) is 3.59. The number of hydrogen-bond acceptors (Lipinski definition) is 3. The molecule has 1 saturated heterocycles. The standard InChI is InChI=1S/C14H17NO2/c1-10-8-12(14(16)17-2)13(15-9-10)11-6-4-3-5-7-11/h3-7,12-13,15H,1,8-9H2,2H3/t12-,13-/m0/s1. The van der Waals surface area contributed by atoms with E-state index in [4.69, 9.17) is 4.74 Å². The highest BCUT2D eigenvalue weighted by molar-refractivity contribution is 5.74. The van der Waals surface area contributed by atoms with Crippen molar-refractivity contribution in [1.29, 1.82) is 0 Å². The zero-order valence-corrected chi connectivity index (χ0v) is 9.98. The average Bonchev–Trinajstić information content (AvgIpc) is 2.38. The third-order valence-electron chi connectivity index (χ3n) is 3.15. The topological polar surface area (TPSA) is 38.3 Å². The van der Waals surface area contributed by atoms with Crippen LogP contribution < -0.4 is 5.32 Å². The molecular formula is C14H17NO2.